The molecule has 1 rings (SSSR count). The minimum Gasteiger partial charge on any atom is -0.394 e. The van der Waals surface area contributed by atoms with Crippen LogP contribution in [0.2, 0.25) is 0 Å². The summed E-state index contributed by atoms with van der Waals surface area (Å²) in [6, 6.07) is 6.32. The van der Waals surface area contributed by atoms with Gasteiger partial charge in [0.25, 0.3) is 0 Å². The first-order chi connectivity index (χ1) is 8.87. The fraction of sp³-hybridized carbons (Fsp3) is 0.538. The normalized spacial score (nSPS) is 12.4. The molecule has 0 bridgehead atoms. The van der Waals surface area contributed by atoms with E-state index in [2.05, 4.69) is 5.32 Å². The van der Waals surface area contributed by atoms with Gasteiger partial charge in [0, 0.05) is 5.69 Å². The van der Waals surface area contributed by atoms with Crippen molar-refractivity contribution in [3.05, 3.63) is 24.3 Å². The number of hydrogen-bond acceptors (Lipinski definition) is 5. The highest BCUT2D eigenvalue weighted by molar-refractivity contribution is 7.91. The predicted molar refractivity (Wildman–Crippen MR) is 75.0 cm³/mol. The van der Waals surface area contributed by atoms with Crippen LogP contribution in [0.15, 0.2) is 29.2 Å². The second-order valence-corrected chi connectivity index (χ2v) is 6.95. The average molecular weight is 287 g/mol. The van der Waals surface area contributed by atoms with Gasteiger partial charge in [-0.2, -0.15) is 0 Å². The molecule has 0 fully saturated rings. The number of benzene rings is 1. The summed E-state index contributed by atoms with van der Waals surface area (Å²) in [5.74, 6) is 0.130. The van der Waals surface area contributed by atoms with Gasteiger partial charge in [0.05, 0.1) is 29.4 Å². The van der Waals surface area contributed by atoms with E-state index < -0.39 is 15.4 Å². The molecule has 0 spiro atoms. The molecule has 0 saturated heterocycles. The number of anilines is 1. The van der Waals surface area contributed by atoms with Crippen molar-refractivity contribution in [2.45, 2.75) is 30.7 Å². The van der Waals surface area contributed by atoms with Gasteiger partial charge in [-0.3, -0.25) is 0 Å². The maximum absolute atomic E-state index is 11.8. The number of aliphatic hydroxyl groups excluding tert-OH is 2. The van der Waals surface area contributed by atoms with Crippen LogP contribution in [0.25, 0.3) is 0 Å². The van der Waals surface area contributed by atoms with E-state index in [1.807, 2.05) is 6.92 Å². The number of aliphatic hydroxyl groups is 2. The molecule has 1 aromatic rings. The van der Waals surface area contributed by atoms with Crippen molar-refractivity contribution in [1.82, 2.24) is 0 Å². The van der Waals surface area contributed by atoms with Crippen molar-refractivity contribution in [2.24, 2.45) is 0 Å². The molecule has 0 amide bonds. The van der Waals surface area contributed by atoms with E-state index in [0.29, 0.717) is 12.1 Å². The van der Waals surface area contributed by atoms with Crippen molar-refractivity contribution in [3.63, 3.8) is 0 Å². The zero-order valence-electron chi connectivity index (χ0n) is 11.3. The molecular weight excluding hydrogens is 266 g/mol. The van der Waals surface area contributed by atoms with Crippen LogP contribution >= 0.6 is 0 Å². The highest BCUT2D eigenvalue weighted by atomic mass is 32.2. The minimum absolute atomic E-state index is 0.130. The van der Waals surface area contributed by atoms with Crippen LogP contribution < -0.4 is 5.32 Å². The molecule has 0 radical (unpaired) electrons. The Morgan fingerprint density at radius 1 is 1.16 bits per heavy atom. The average Bonchev–Trinajstić information content (AvgIpc) is 2.39. The largest absolute Gasteiger partial charge is 0.394 e. The molecule has 0 aromatic heterocycles. The second-order valence-electron chi connectivity index (χ2n) is 4.85. The lowest BCUT2D eigenvalue weighted by Crippen LogP contribution is -2.42. The van der Waals surface area contributed by atoms with Crippen LogP contribution in [0.3, 0.4) is 0 Å². The Morgan fingerprint density at radius 2 is 1.68 bits per heavy atom. The molecule has 108 valence electrons. The first kappa shape index (κ1) is 15.9. The maximum atomic E-state index is 11.8. The van der Waals surface area contributed by atoms with Gasteiger partial charge in [-0.25, -0.2) is 8.42 Å². The maximum Gasteiger partial charge on any atom is 0.178 e. The van der Waals surface area contributed by atoms with E-state index in [9.17, 15) is 18.6 Å². The summed E-state index contributed by atoms with van der Waals surface area (Å²) in [6.07, 6.45) is 0.579. The van der Waals surface area contributed by atoms with E-state index in [1.54, 1.807) is 19.1 Å². The summed E-state index contributed by atoms with van der Waals surface area (Å²) < 4.78 is 23.7. The lowest BCUT2D eigenvalue weighted by molar-refractivity contribution is 0.147. The monoisotopic (exact) mass is 287 g/mol. The quantitative estimate of drug-likeness (QED) is 0.697. The number of nitrogens with one attached hydrogen (secondary N) is 1. The van der Waals surface area contributed by atoms with E-state index in [-0.39, 0.29) is 23.9 Å². The molecule has 5 nitrogen and oxygen atoms in total. The van der Waals surface area contributed by atoms with Crippen LogP contribution in [0.5, 0.6) is 0 Å². The van der Waals surface area contributed by atoms with E-state index >= 15 is 0 Å². The zero-order valence-corrected chi connectivity index (χ0v) is 12.1. The van der Waals surface area contributed by atoms with Crippen LogP contribution in [-0.2, 0) is 9.84 Å². The fourth-order valence-electron chi connectivity index (χ4n) is 1.61. The van der Waals surface area contributed by atoms with Gasteiger partial charge in [-0.05, 0) is 37.6 Å². The zero-order chi connectivity index (χ0) is 14.5. The van der Waals surface area contributed by atoms with Crippen molar-refractivity contribution >= 4 is 15.5 Å². The molecule has 19 heavy (non-hydrogen) atoms. The van der Waals surface area contributed by atoms with Crippen LogP contribution in [0, 0.1) is 0 Å². The van der Waals surface area contributed by atoms with E-state index in [4.69, 9.17) is 0 Å². The molecule has 1 aromatic carbocycles. The molecule has 0 unspecified atom stereocenters. The highest BCUT2D eigenvalue weighted by Gasteiger charge is 2.22. The van der Waals surface area contributed by atoms with Gasteiger partial charge in [-0.15, -0.1) is 0 Å². The Labute approximate surface area is 114 Å². The van der Waals surface area contributed by atoms with Gasteiger partial charge >= 0.3 is 0 Å². The smallest absolute Gasteiger partial charge is 0.178 e. The Hall–Kier alpha value is -1.11. The lowest BCUT2D eigenvalue weighted by atomic mass is 10.1. The summed E-state index contributed by atoms with van der Waals surface area (Å²) in [5.41, 5.74) is -0.176. The molecule has 3 N–H and O–H groups in total. The summed E-state index contributed by atoms with van der Waals surface area (Å²) in [6.45, 7) is 3.05. The molecule has 0 aliphatic rings. The second kappa shape index (κ2) is 6.36. The lowest BCUT2D eigenvalue weighted by Gasteiger charge is -2.27. The standard InChI is InChI=1S/C13H21NO4S/c1-3-8-19(17,18)12-6-4-11(5-7-12)14-13(2,9-15)10-16/h4-7,14-16H,3,8-10H2,1-2H3. The Morgan fingerprint density at radius 3 is 2.11 bits per heavy atom. The van der Waals surface area contributed by atoms with E-state index in [0.717, 1.165) is 0 Å². The third-order valence-electron chi connectivity index (χ3n) is 2.83. The third kappa shape index (κ3) is 4.19. The van der Waals surface area contributed by atoms with Crippen LogP contribution in [0.1, 0.15) is 20.3 Å². The van der Waals surface area contributed by atoms with Gasteiger partial charge in [-0.1, -0.05) is 6.92 Å². The molecule has 0 saturated carbocycles. The molecule has 0 aliphatic carbocycles. The summed E-state index contributed by atoms with van der Waals surface area (Å²) in [5, 5.41) is 21.3. The van der Waals surface area contributed by atoms with Gasteiger partial charge < -0.3 is 15.5 Å². The summed E-state index contributed by atoms with van der Waals surface area (Å²) in [4.78, 5) is 0.287. The number of sulfone groups is 1. The van der Waals surface area contributed by atoms with Crippen LogP contribution in [-0.4, -0.2) is 43.1 Å². The Balaban J connectivity index is 2.89. The van der Waals surface area contributed by atoms with Crippen molar-refractivity contribution in [1.29, 1.82) is 0 Å². The minimum atomic E-state index is -3.21. The third-order valence-corrected chi connectivity index (χ3v) is 4.77. The molecule has 0 atom stereocenters. The highest BCUT2D eigenvalue weighted by Crippen LogP contribution is 2.19. The Kier molecular flexibility index (Phi) is 5.34. The van der Waals surface area contributed by atoms with Gasteiger partial charge in [0.15, 0.2) is 9.84 Å². The van der Waals surface area contributed by atoms with Crippen molar-refractivity contribution < 1.29 is 18.6 Å². The summed E-state index contributed by atoms with van der Waals surface area (Å²) in [7, 11) is -3.21. The van der Waals surface area contributed by atoms with E-state index in [1.165, 1.54) is 12.1 Å². The molecule has 0 aliphatic heterocycles. The summed E-state index contributed by atoms with van der Waals surface area (Å²) >= 11 is 0. The Bertz CT molecular complexity index is 492. The number of hydrogen-bond donors (Lipinski definition) is 3. The predicted octanol–water partition coefficient (Wildman–Crippen LogP) is 1.03. The molecule has 6 heteroatoms. The SMILES string of the molecule is CCCS(=O)(=O)c1ccc(NC(C)(CO)CO)cc1. The molecular formula is C13H21NO4S. The van der Waals surface area contributed by atoms with Gasteiger partial charge in [0.1, 0.15) is 0 Å². The van der Waals surface area contributed by atoms with Crippen molar-refractivity contribution in [3.8, 4) is 0 Å². The van der Waals surface area contributed by atoms with Gasteiger partial charge in [0.2, 0.25) is 0 Å². The first-order valence-electron chi connectivity index (χ1n) is 6.19. The topological polar surface area (TPSA) is 86.6 Å². The molecule has 0 heterocycles. The van der Waals surface area contributed by atoms with Crippen molar-refractivity contribution in [2.75, 3.05) is 24.3 Å². The van der Waals surface area contributed by atoms with Crippen LogP contribution in [0.4, 0.5) is 5.69 Å². The number of rotatable bonds is 7. The first-order valence-corrected chi connectivity index (χ1v) is 7.85. The fourth-order valence-corrected chi connectivity index (χ4v) is 2.93.